The summed E-state index contributed by atoms with van der Waals surface area (Å²) < 4.78 is 35.1. The fraction of sp³-hybridized carbons (Fsp3) is 0.333. The Morgan fingerprint density at radius 2 is 1.94 bits per heavy atom. The van der Waals surface area contributed by atoms with E-state index in [2.05, 4.69) is 4.98 Å². The van der Waals surface area contributed by atoms with Gasteiger partial charge in [-0.1, -0.05) is 25.1 Å². The number of ether oxygens (including phenoxy) is 1. The van der Waals surface area contributed by atoms with Gasteiger partial charge >= 0.3 is 5.97 Å². The number of anilines is 1. The van der Waals surface area contributed by atoms with Gasteiger partial charge in [-0.3, -0.25) is 4.31 Å². The summed E-state index contributed by atoms with van der Waals surface area (Å²) in [6, 6.07) is 9.61. The van der Waals surface area contributed by atoms with Crippen molar-refractivity contribution < 1.29 is 23.1 Å². The van der Waals surface area contributed by atoms with Gasteiger partial charge < -0.3 is 9.84 Å². The lowest BCUT2D eigenvalue weighted by atomic mass is 10.1. The van der Waals surface area contributed by atoms with E-state index >= 15 is 0 Å². The van der Waals surface area contributed by atoms with Crippen LogP contribution in [0.1, 0.15) is 53.3 Å². The van der Waals surface area contributed by atoms with Crippen molar-refractivity contribution in [2.45, 2.75) is 57.4 Å². The van der Waals surface area contributed by atoms with Gasteiger partial charge in [0.05, 0.1) is 5.69 Å². The average molecular weight is 527 g/mol. The number of aliphatic carboxylic acids is 1. The van der Waals surface area contributed by atoms with E-state index in [-0.39, 0.29) is 10.9 Å². The Morgan fingerprint density at radius 3 is 2.58 bits per heavy atom. The molecule has 1 aliphatic rings. The van der Waals surface area contributed by atoms with Gasteiger partial charge in [-0.05, 0) is 85.6 Å². The van der Waals surface area contributed by atoms with Crippen LogP contribution in [0.2, 0.25) is 0 Å². The first-order chi connectivity index (χ1) is 17.2. The number of hydrogen-bond acceptors (Lipinski definition) is 6. The quantitative estimate of drug-likeness (QED) is 0.349. The average Bonchev–Trinajstić information content (AvgIpc) is 3.48. The number of carboxylic acids is 1. The van der Waals surface area contributed by atoms with Gasteiger partial charge in [-0.2, -0.15) is 8.42 Å². The predicted molar refractivity (Wildman–Crippen MR) is 142 cm³/mol. The molecular formula is C27H30N2O5S2. The summed E-state index contributed by atoms with van der Waals surface area (Å²) in [7, 11) is -3.84. The second-order valence-electron chi connectivity index (χ2n) is 8.92. The molecule has 3 aromatic rings. The van der Waals surface area contributed by atoms with Crippen LogP contribution in [0.4, 0.5) is 5.69 Å². The molecule has 1 aromatic heterocycles. The van der Waals surface area contributed by atoms with Crippen molar-refractivity contribution in [3.05, 3.63) is 75.3 Å². The van der Waals surface area contributed by atoms with Crippen LogP contribution in [0.25, 0.3) is 6.08 Å². The maximum atomic E-state index is 13.6. The predicted octanol–water partition coefficient (Wildman–Crippen LogP) is 5.53. The highest BCUT2D eigenvalue weighted by atomic mass is 32.2. The molecule has 0 spiro atoms. The molecule has 1 heterocycles. The standard InChI is InChI=1S/C27H30N2O5S2/c1-4-12-29(36(32,33)27-28-19(3)17-35-27)24-14-21-6-5-7-22(21)15-25(24)34-16-23-10-8-20(13-18(23)2)9-11-26(30)31/h8-11,13-15,17H,4-7,12,16H2,1-3H3,(H,30,31). The minimum Gasteiger partial charge on any atom is -0.487 e. The van der Waals surface area contributed by atoms with E-state index in [9.17, 15) is 13.2 Å². The zero-order chi connectivity index (χ0) is 25.9. The topological polar surface area (TPSA) is 96.8 Å². The molecule has 0 radical (unpaired) electrons. The van der Waals surface area contributed by atoms with Crippen LogP contribution in [0.15, 0.2) is 46.1 Å². The van der Waals surface area contributed by atoms with Crippen LogP contribution in [0.3, 0.4) is 0 Å². The summed E-state index contributed by atoms with van der Waals surface area (Å²) in [5, 5.41) is 10.6. The molecule has 2 aromatic carbocycles. The number of hydrogen-bond donors (Lipinski definition) is 1. The van der Waals surface area contributed by atoms with E-state index in [0.717, 1.165) is 58.9 Å². The van der Waals surface area contributed by atoms with Gasteiger partial charge in [0.1, 0.15) is 12.4 Å². The lowest BCUT2D eigenvalue weighted by Crippen LogP contribution is -2.32. The van der Waals surface area contributed by atoms with Gasteiger partial charge in [0.2, 0.25) is 4.34 Å². The number of thiazole rings is 1. The van der Waals surface area contributed by atoms with Crippen LogP contribution in [0.5, 0.6) is 5.75 Å². The fourth-order valence-electron chi connectivity index (χ4n) is 4.33. The van der Waals surface area contributed by atoms with Gasteiger partial charge in [0.15, 0.2) is 0 Å². The number of carbonyl (C=O) groups is 1. The molecule has 4 rings (SSSR count). The largest absolute Gasteiger partial charge is 0.487 e. The lowest BCUT2D eigenvalue weighted by molar-refractivity contribution is -0.131. The summed E-state index contributed by atoms with van der Waals surface area (Å²) in [6.07, 6.45) is 6.20. The number of carboxylic acid groups (broad SMARTS) is 1. The molecular weight excluding hydrogens is 496 g/mol. The molecule has 0 saturated carbocycles. The molecule has 190 valence electrons. The molecule has 0 amide bonds. The first-order valence-electron chi connectivity index (χ1n) is 11.9. The van der Waals surface area contributed by atoms with E-state index in [0.29, 0.717) is 30.1 Å². The van der Waals surface area contributed by atoms with E-state index in [1.807, 2.05) is 44.2 Å². The number of aryl methyl sites for hydroxylation is 4. The van der Waals surface area contributed by atoms with Crippen molar-refractivity contribution in [1.29, 1.82) is 0 Å². The maximum absolute atomic E-state index is 13.6. The first-order valence-corrected chi connectivity index (χ1v) is 14.2. The lowest BCUT2D eigenvalue weighted by Gasteiger charge is -2.26. The molecule has 1 aliphatic carbocycles. The van der Waals surface area contributed by atoms with Crippen molar-refractivity contribution in [2.75, 3.05) is 10.8 Å². The molecule has 1 N–H and O–H groups in total. The van der Waals surface area contributed by atoms with Gasteiger partial charge in [-0.15, -0.1) is 11.3 Å². The minimum absolute atomic E-state index is 0.0840. The molecule has 0 unspecified atom stereocenters. The Bertz CT molecular complexity index is 1410. The molecule has 0 bridgehead atoms. The number of fused-ring (bicyclic) bond motifs is 1. The smallest absolute Gasteiger partial charge is 0.328 e. The van der Waals surface area contributed by atoms with Crippen LogP contribution >= 0.6 is 11.3 Å². The highest BCUT2D eigenvalue weighted by molar-refractivity contribution is 7.94. The molecule has 7 nitrogen and oxygen atoms in total. The normalized spacial score (nSPS) is 13.2. The second-order valence-corrected chi connectivity index (χ2v) is 11.8. The number of aromatic nitrogens is 1. The summed E-state index contributed by atoms with van der Waals surface area (Å²) in [5.74, 6) is -0.459. The van der Waals surface area contributed by atoms with Crippen LogP contribution in [-0.4, -0.2) is 31.0 Å². The van der Waals surface area contributed by atoms with Gasteiger partial charge in [0.25, 0.3) is 10.0 Å². The Hall–Kier alpha value is -3.17. The molecule has 0 fully saturated rings. The zero-order valence-corrected chi connectivity index (χ0v) is 22.3. The Labute approximate surface area is 216 Å². The molecule has 36 heavy (non-hydrogen) atoms. The summed E-state index contributed by atoms with van der Waals surface area (Å²) in [5.41, 5.74) is 6.27. The molecule has 0 aliphatic heterocycles. The van der Waals surface area contributed by atoms with E-state index in [1.54, 1.807) is 18.4 Å². The fourth-order valence-corrected chi connectivity index (χ4v) is 7.02. The Kier molecular flexibility index (Phi) is 7.80. The third kappa shape index (κ3) is 5.63. The van der Waals surface area contributed by atoms with E-state index in [4.69, 9.17) is 9.84 Å². The summed E-state index contributed by atoms with van der Waals surface area (Å²) >= 11 is 1.13. The van der Waals surface area contributed by atoms with Crippen LogP contribution < -0.4 is 9.04 Å². The van der Waals surface area contributed by atoms with Gasteiger partial charge in [0, 0.05) is 23.7 Å². The molecule has 9 heteroatoms. The number of nitrogens with zero attached hydrogens (tertiary/aromatic N) is 2. The molecule has 0 saturated heterocycles. The van der Waals surface area contributed by atoms with Crippen molar-refractivity contribution in [1.82, 2.24) is 4.98 Å². The number of sulfonamides is 1. The third-order valence-electron chi connectivity index (χ3n) is 6.15. The zero-order valence-electron chi connectivity index (χ0n) is 20.7. The van der Waals surface area contributed by atoms with Crippen molar-refractivity contribution >= 4 is 39.1 Å². The van der Waals surface area contributed by atoms with Crippen molar-refractivity contribution in [2.24, 2.45) is 0 Å². The van der Waals surface area contributed by atoms with E-state index in [1.165, 1.54) is 9.87 Å². The summed E-state index contributed by atoms with van der Waals surface area (Å²) in [4.78, 5) is 15.1. The highest BCUT2D eigenvalue weighted by Crippen LogP contribution is 2.39. The SMILES string of the molecule is CCCN(c1cc2c(cc1OCc1ccc(C=CC(=O)O)cc1C)CCC2)S(=O)(=O)c1nc(C)cs1. The number of rotatable bonds is 10. The summed E-state index contributed by atoms with van der Waals surface area (Å²) in [6.45, 7) is 6.26. The van der Waals surface area contributed by atoms with E-state index < -0.39 is 16.0 Å². The van der Waals surface area contributed by atoms with Crippen molar-refractivity contribution in [3.63, 3.8) is 0 Å². The second kappa shape index (κ2) is 10.8. The maximum Gasteiger partial charge on any atom is 0.328 e. The Morgan fingerprint density at radius 1 is 1.19 bits per heavy atom. The third-order valence-corrected chi connectivity index (χ3v) is 9.31. The monoisotopic (exact) mass is 526 g/mol. The minimum atomic E-state index is -3.84. The number of benzene rings is 2. The van der Waals surface area contributed by atoms with Crippen LogP contribution in [0, 0.1) is 13.8 Å². The van der Waals surface area contributed by atoms with Gasteiger partial charge in [-0.25, -0.2) is 9.78 Å². The highest BCUT2D eigenvalue weighted by Gasteiger charge is 2.31. The van der Waals surface area contributed by atoms with Crippen molar-refractivity contribution in [3.8, 4) is 5.75 Å². The Balaban J connectivity index is 1.68. The molecule has 0 atom stereocenters. The van der Waals surface area contributed by atoms with Crippen LogP contribution in [-0.2, 0) is 34.3 Å². The first kappa shape index (κ1) is 25.9.